The Labute approximate surface area is 139 Å². The molecule has 0 aliphatic heterocycles. The van der Waals surface area contributed by atoms with Gasteiger partial charge in [0.15, 0.2) is 6.04 Å². The van der Waals surface area contributed by atoms with E-state index in [1.165, 1.54) is 32.2 Å². The molecule has 1 amide bonds. The van der Waals surface area contributed by atoms with Gasteiger partial charge in [-0.2, -0.15) is 0 Å². The molecule has 126 valence electrons. The zero-order valence-corrected chi connectivity index (χ0v) is 13.7. The Morgan fingerprint density at radius 3 is 2.50 bits per heavy atom. The van der Waals surface area contributed by atoms with Crippen molar-refractivity contribution in [1.82, 2.24) is 0 Å². The molecule has 2 rings (SSSR count). The Kier molecular flexibility index (Phi) is 5.52. The lowest BCUT2D eigenvalue weighted by molar-refractivity contribution is -0.141. The van der Waals surface area contributed by atoms with Crippen LogP contribution in [-0.2, 0) is 14.3 Å². The van der Waals surface area contributed by atoms with Gasteiger partial charge in [0.05, 0.1) is 12.8 Å². The van der Waals surface area contributed by atoms with Crippen molar-refractivity contribution in [3.8, 4) is 0 Å². The molecule has 1 unspecified atom stereocenters. The summed E-state index contributed by atoms with van der Waals surface area (Å²) in [4.78, 5) is 23.3. The number of rotatable bonds is 5. The Balaban J connectivity index is 2.35. The first-order chi connectivity index (χ1) is 11.4. The summed E-state index contributed by atoms with van der Waals surface area (Å²) < 4.78 is 18.6. The number of amides is 1. The summed E-state index contributed by atoms with van der Waals surface area (Å²) in [5, 5.41) is 5.45. The van der Waals surface area contributed by atoms with E-state index in [9.17, 15) is 14.0 Å². The first-order valence-corrected chi connectivity index (χ1v) is 7.39. The first kappa shape index (κ1) is 17.5. The Bertz CT molecular complexity index is 762. The highest BCUT2D eigenvalue weighted by Gasteiger charge is 2.23. The number of nitrogens with one attached hydrogen (secondary N) is 2. The quantitative estimate of drug-likeness (QED) is 0.824. The van der Waals surface area contributed by atoms with Crippen LogP contribution in [0.3, 0.4) is 0 Å². The molecule has 0 saturated heterocycles. The monoisotopic (exact) mass is 330 g/mol. The van der Waals surface area contributed by atoms with E-state index in [1.807, 2.05) is 31.2 Å². The van der Waals surface area contributed by atoms with E-state index in [4.69, 9.17) is 4.74 Å². The van der Waals surface area contributed by atoms with Gasteiger partial charge in [0, 0.05) is 12.6 Å². The maximum atomic E-state index is 13.7. The number of esters is 1. The van der Waals surface area contributed by atoms with E-state index < -0.39 is 17.8 Å². The van der Waals surface area contributed by atoms with Gasteiger partial charge < -0.3 is 15.4 Å². The number of carbonyl (C=O) groups excluding carboxylic acids is 2. The molecule has 1 atom stereocenters. The van der Waals surface area contributed by atoms with E-state index >= 15 is 0 Å². The van der Waals surface area contributed by atoms with Crippen LogP contribution in [0.25, 0.3) is 0 Å². The predicted octanol–water partition coefficient (Wildman–Crippen LogP) is 3.42. The lowest BCUT2D eigenvalue weighted by atomic mass is 10.0. The standard InChI is InChI=1S/C18H19FN2O3/c1-11-6-4-5-7-14(11)17(18(23)24-3)21-13-8-9-15(19)16(10-13)20-12(2)22/h4-10,17,21H,1-3H3,(H,20,22). The molecular weight excluding hydrogens is 311 g/mol. The first-order valence-electron chi connectivity index (χ1n) is 7.39. The third kappa shape index (κ3) is 4.10. The summed E-state index contributed by atoms with van der Waals surface area (Å²) in [6, 6.07) is 10.8. The molecule has 2 N–H and O–H groups in total. The summed E-state index contributed by atoms with van der Waals surface area (Å²) in [5.41, 5.74) is 2.21. The number of halogens is 1. The van der Waals surface area contributed by atoms with Gasteiger partial charge in [-0.15, -0.1) is 0 Å². The van der Waals surface area contributed by atoms with Crippen LogP contribution in [0.15, 0.2) is 42.5 Å². The van der Waals surface area contributed by atoms with Crippen molar-refractivity contribution in [2.24, 2.45) is 0 Å². The predicted molar refractivity (Wildman–Crippen MR) is 90.3 cm³/mol. The second kappa shape index (κ2) is 7.59. The second-order valence-corrected chi connectivity index (χ2v) is 5.33. The van der Waals surface area contributed by atoms with Crippen molar-refractivity contribution in [3.63, 3.8) is 0 Å². The van der Waals surface area contributed by atoms with Crippen LogP contribution in [-0.4, -0.2) is 19.0 Å². The zero-order valence-electron chi connectivity index (χ0n) is 13.7. The van der Waals surface area contributed by atoms with Crippen LogP contribution in [0, 0.1) is 12.7 Å². The topological polar surface area (TPSA) is 67.4 Å². The zero-order chi connectivity index (χ0) is 17.7. The highest BCUT2D eigenvalue weighted by molar-refractivity contribution is 5.89. The maximum absolute atomic E-state index is 13.7. The van der Waals surface area contributed by atoms with Gasteiger partial charge in [0.25, 0.3) is 0 Å². The van der Waals surface area contributed by atoms with Crippen molar-refractivity contribution >= 4 is 23.3 Å². The van der Waals surface area contributed by atoms with E-state index in [-0.39, 0.29) is 11.6 Å². The van der Waals surface area contributed by atoms with Crippen LogP contribution in [0.5, 0.6) is 0 Å². The van der Waals surface area contributed by atoms with Gasteiger partial charge >= 0.3 is 5.97 Å². The fourth-order valence-corrected chi connectivity index (χ4v) is 2.36. The fourth-order valence-electron chi connectivity index (χ4n) is 2.36. The number of anilines is 2. The summed E-state index contributed by atoms with van der Waals surface area (Å²) in [6.07, 6.45) is 0. The second-order valence-electron chi connectivity index (χ2n) is 5.33. The van der Waals surface area contributed by atoms with Gasteiger partial charge in [-0.25, -0.2) is 9.18 Å². The van der Waals surface area contributed by atoms with Gasteiger partial charge in [-0.05, 0) is 36.2 Å². The van der Waals surface area contributed by atoms with Crippen molar-refractivity contribution in [3.05, 3.63) is 59.4 Å². The third-order valence-corrected chi connectivity index (χ3v) is 3.52. The lowest BCUT2D eigenvalue weighted by Crippen LogP contribution is -2.23. The smallest absolute Gasteiger partial charge is 0.332 e. The van der Waals surface area contributed by atoms with Gasteiger partial charge in [0.2, 0.25) is 5.91 Å². The molecule has 0 bridgehead atoms. The maximum Gasteiger partial charge on any atom is 0.332 e. The van der Waals surface area contributed by atoms with E-state index in [2.05, 4.69) is 10.6 Å². The molecule has 2 aromatic carbocycles. The molecule has 0 fully saturated rings. The number of hydrogen-bond acceptors (Lipinski definition) is 4. The highest BCUT2D eigenvalue weighted by Crippen LogP contribution is 2.26. The van der Waals surface area contributed by atoms with E-state index in [0.717, 1.165) is 11.1 Å². The summed E-state index contributed by atoms with van der Waals surface area (Å²) in [6.45, 7) is 3.18. The molecule has 0 heterocycles. The molecule has 2 aromatic rings. The van der Waals surface area contributed by atoms with Crippen molar-refractivity contribution < 1.29 is 18.7 Å². The molecule has 5 nitrogen and oxygen atoms in total. The van der Waals surface area contributed by atoms with Crippen LogP contribution in [0.2, 0.25) is 0 Å². The molecule has 0 radical (unpaired) electrons. The Morgan fingerprint density at radius 1 is 1.17 bits per heavy atom. The van der Waals surface area contributed by atoms with Crippen molar-refractivity contribution in [2.45, 2.75) is 19.9 Å². The van der Waals surface area contributed by atoms with Crippen molar-refractivity contribution in [2.75, 3.05) is 17.7 Å². The number of carbonyl (C=O) groups is 2. The summed E-state index contributed by atoms with van der Waals surface area (Å²) in [7, 11) is 1.31. The molecule has 0 aromatic heterocycles. The van der Waals surface area contributed by atoms with Gasteiger partial charge in [-0.1, -0.05) is 24.3 Å². The van der Waals surface area contributed by atoms with E-state index in [1.54, 1.807) is 0 Å². The molecule has 0 spiro atoms. The van der Waals surface area contributed by atoms with Crippen molar-refractivity contribution in [1.29, 1.82) is 0 Å². The lowest BCUT2D eigenvalue weighted by Gasteiger charge is -2.20. The number of methoxy groups -OCH3 is 1. The fraction of sp³-hybridized carbons (Fsp3) is 0.222. The minimum Gasteiger partial charge on any atom is -0.467 e. The summed E-state index contributed by atoms with van der Waals surface area (Å²) >= 11 is 0. The van der Waals surface area contributed by atoms with Gasteiger partial charge in [0.1, 0.15) is 5.82 Å². The molecule has 0 saturated carbocycles. The number of aryl methyl sites for hydroxylation is 1. The third-order valence-electron chi connectivity index (χ3n) is 3.52. The average molecular weight is 330 g/mol. The van der Waals surface area contributed by atoms with E-state index in [0.29, 0.717) is 5.69 Å². The highest BCUT2D eigenvalue weighted by atomic mass is 19.1. The van der Waals surface area contributed by atoms with Crippen LogP contribution >= 0.6 is 0 Å². The minimum atomic E-state index is -0.744. The molecule has 0 aliphatic rings. The van der Waals surface area contributed by atoms with Crippen LogP contribution < -0.4 is 10.6 Å². The minimum absolute atomic E-state index is 0.0425. The largest absolute Gasteiger partial charge is 0.467 e. The summed E-state index contributed by atoms with van der Waals surface area (Å²) in [5.74, 6) is -1.40. The average Bonchev–Trinajstić information content (AvgIpc) is 2.55. The SMILES string of the molecule is COC(=O)C(Nc1ccc(F)c(NC(C)=O)c1)c1ccccc1C. The Morgan fingerprint density at radius 2 is 1.88 bits per heavy atom. The molecule has 0 aliphatic carbocycles. The molecule has 6 heteroatoms. The normalized spacial score (nSPS) is 11.5. The number of hydrogen-bond donors (Lipinski definition) is 2. The molecular formula is C18H19FN2O3. The number of benzene rings is 2. The van der Waals surface area contributed by atoms with Gasteiger partial charge in [-0.3, -0.25) is 4.79 Å². The van der Waals surface area contributed by atoms with Crippen LogP contribution in [0.1, 0.15) is 24.1 Å². The van der Waals surface area contributed by atoms with Crippen LogP contribution in [0.4, 0.5) is 15.8 Å². The molecule has 24 heavy (non-hydrogen) atoms. The Hall–Kier alpha value is -2.89. The number of ether oxygens (including phenoxy) is 1.